The molecule has 0 bridgehead atoms. The molecule has 0 aromatic carbocycles. The van der Waals surface area contributed by atoms with E-state index in [2.05, 4.69) is 15.2 Å². The molecule has 1 aromatic rings. The minimum atomic E-state index is 0.612. The van der Waals surface area contributed by atoms with E-state index in [-0.39, 0.29) is 0 Å². The molecule has 0 amide bonds. The summed E-state index contributed by atoms with van der Waals surface area (Å²) in [5, 5.41) is 4.34. The smallest absolute Gasteiger partial charge is 0.185 e. The lowest BCUT2D eigenvalue weighted by atomic mass is 10.4. The van der Waals surface area contributed by atoms with Crippen LogP contribution in [0.2, 0.25) is 0 Å². The van der Waals surface area contributed by atoms with E-state index in [4.69, 9.17) is 4.74 Å². The Kier molecular flexibility index (Phi) is 4.15. The Labute approximate surface area is 101 Å². The highest BCUT2D eigenvalue weighted by Crippen LogP contribution is 2.29. The summed E-state index contributed by atoms with van der Waals surface area (Å²) in [5.41, 5.74) is 1.09. The van der Waals surface area contributed by atoms with Gasteiger partial charge in [-0.05, 0) is 19.9 Å². The second-order valence-electron chi connectivity index (χ2n) is 4.02. The summed E-state index contributed by atoms with van der Waals surface area (Å²) in [6.07, 6.45) is 2.58. The molecule has 1 aromatic heterocycles. The Morgan fingerprint density at radius 2 is 2.19 bits per heavy atom. The molecule has 90 valence electrons. The molecule has 0 atom stereocenters. The Morgan fingerprint density at radius 3 is 2.81 bits per heavy atom. The van der Waals surface area contributed by atoms with E-state index in [1.54, 1.807) is 18.4 Å². The van der Waals surface area contributed by atoms with E-state index >= 15 is 0 Å². The van der Waals surface area contributed by atoms with Crippen LogP contribution in [-0.4, -0.2) is 32.2 Å². The fourth-order valence-electron chi connectivity index (χ4n) is 1.96. The summed E-state index contributed by atoms with van der Waals surface area (Å²) in [6, 6.07) is 0. The molecule has 0 unspecified atom stereocenters. The zero-order chi connectivity index (χ0) is 11.4. The molecular formula is C11H19N3OS. The number of ether oxygens (including phenoxy) is 1. The number of rotatable bonds is 5. The molecular weight excluding hydrogens is 222 g/mol. The topological polar surface area (TPSA) is 37.4 Å². The third-order valence-corrected chi connectivity index (χ3v) is 3.92. The number of methoxy groups -OCH3 is 1. The van der Waals surface area contributed by atoms with Crippen LogP contribution in [0.25, 0.3) is 0 Å². The zero-order valence-corrected chi connectivity index (χ0v) is 10.8. The normalized spacial score (nSPS) is 16.0. The maximum atomic E-state index is 5.19. The second-order valence-corrected chi connectivity index (χ2v) is 5.09. The van der Waals surface area contributed by atoms with Crippen LogP contribution in [0.15, 0.2) is 0 Å². The van der Waals surface area contributed by atoms with E-state index in [0.29, 0.717) is 6.61 Å². The van der Waals surface area contributed by atoms with Crippen molar-refractivity contribution in [3.63, 3.8) is 0 Å². The van der Waals surface area contributed by atoms with Crippen molar-refractivity contribution in [2.75, 3.05) is 32.1 Å². The lowest BCUT2D eigenvalue weighted by Crippen LogP contribution is -2.17. The van der Waals surface area contributed by atoms with E-state index in [0.717, 1.165) is 30.5 Å². The van der Waals surface area contributed by atoms with Gasteiger partial charge >= 0.3 is 0 Å². The van der Waals surface area contributed by atoms with Crippen LogP contribution < -0.4 is 10.2 Å². The largest absolute Gasteiger partial charge is 0.378 e. The van der Waals surface area contributed by atoms with Gasteiger partial charge < -0.3 is 15.0 Å². The predicted molar refractivity (Wildman–Crippen MR) is 67.0 cm³/mol. The van der Waals surface area contributed by atoms with Crippen molar-refractivity contribution < 1.29 is 4.74 Å². The van der Waals surface area contributed by atoms with Crippen LogP contribution in [-0.2, 0) is 17.9 Å². The predicted octanol–water partition coefficient (Wildman–Crippen LogP) is 1.61. The second kappa shape index (κ2) is 5.61. The van der Waals surface area contributed by atoms with Crippen LogP contribution in [0.5, 0.6) is 0 Å². The average molecular weight is 241 g/mol. The van der Waals surface area contributed by atoms with E-state index in [1.165, 1.54) is 17.7 Å². The van der Waals surface area contributed by atoms with E-state index in [9.17, 15) is 0 Å². The summed E-state index contributed by atoms with van der Waals surface area (Å²) in [4.78, 5) is 8.36. The van der Waals surface area contributed by atoms with Gasteiger partial charge in [0, 0.05) is 31.6 Å². The summed E-state index contributed by atoms with van der Waals surface area (Å²) in [7, 11) is 3.68. The molecule has 0 saturated carbocycles. The fraction of sp³-hybridized carbons (Fsp3) is 0.727. The highest BCUT2D eigenvalue weighted by molar-refractivity contribution is 7.15. The third kappa shape index (κ3) is 2.53. The fourth-order valence-corrected chi connectivity index (χ4v) is 3.09. The molecule has 1 aliphatic rings. The van der Waals surface area contributed by atoms with Gasteiger partial charge in [-0.1, -0.05) is 0 Å². The highest BCUT2D eigenvalue weighted by Gasteiger charge is 2.18. The van der Waals surface area contributed by atoms with Crippen molar-refractivity contribution >= 4 is 16.5 Å². The molecule has 1 N–H and O–H groups in total. The minimum absolute atomic E-state index is 0.612. The van der Waals surface area contributed by atoms with Gasteiger partial charge in [0.1, 0.15) is 0 Å². The zero-order valence-electron chi connectivity index (χ0n) is 9.95. The minimum Gasteiger partial charge on any atom is -0.378 e. The number of nitrogens with zero attached hydrogens (tertiary/aromatic N) is 2. The first-order chi connectivity index (χ1) is 7.85. The Bertz CT molecular complexity index is 310. The molecule has 0 aliphatic carbocycles. The molecule has 1 fully saturated rings. The Balaban J connectivity index is 2.15. The molecule has 16 heavy (non-hydrogen) atoms. The van der Waals surface area contributed by atoms with Gasteiger partial charge in [0.2, 0.25) is 0 Å². The van der Waals surface area contributed by atoms with Crippen LogP contribution in [0.3, 0.4) is 0 Å². The molecule has 1 aliphatic heterocycles. The number of nitrogens with one attached hydrogen (secondary N) is 1. The summed E-state index contributed by atoms with van der Waals surface area (Å²) < 4.78 is 5.19. The van der Waals surface area contributed by atoms with Gasteiger partial charge in [-0.15, -0.1) is 11.3 Å². The molecule has 0 spiro atoms. The molecule has 5 heteroatoms. The van der Waals surface area contributed by atoms with Crippen molar-refractivity contribution in [3.8, 4) is 0 Å². The third-order valence-electron chi connectivity index (χ3n) is 2.76. The summed E-state index contributed by atoms with van der Waals surface area (Å²) in [6.45, 7) is 3.80. The Morgan fingerprint density at radius 1 is 1.44 bits per heavy atom. The van der Waals surface area contributed by atoms with Gasteiger partial charge in [0.25, 0.3) is 0 Å². The number of hydrogen-bond acceptors (Lipinski definition) is 5. The van der Waals surface area contributed by atoms with Gasteiger partial charge in [-0.2, -0.15) is 0 Å². The summed E-state index contributed by atoms with van der Waals surface area (Å²) >= 11 is 1.79. The van der Waals surface area contributed by atoms with Crippen molar-refractivity contribution in [1.29, 1.82) is 0 Å². The van der Waals surface area contributed by atoms with Crippen LogP contribution in [0, 0.1) is 0 Å². The number of aromatic nitrogens is 1. The van der Waals surface area contributed by atoms with E-state index < -0.39 is 0 Å². The SMILES string of the molecule is CNCc1sc(N2CCCC2)nc1COC. The first-order valence-corrected chi connectivity index (χ1v) is 6.54. The quantitative estimate of drug-likeness (QED) is 0.850. The number of anilines is 1. The van der Waals surface area contributed by atoms with Crippen molar-refractivity contribution in [2.45, 2.75) is 26.0 Å². The standard InChI is InChI=1S/C11H19N3OS/c1-12-7-10-9(8-15-2)13-11(16-10)14-5-3-4-6-14/h12H,3-8H2,1-2H3. The summed E-state index contributed by atoms with van der Waals surface area (Å²) in [5.74, 6) is 0. The Hall–Kier alpha value is -0.650. The van der Waals surface area contributed by atoms with Crippen molar-refractivity contribution in [2.24, 2.45) is 0 Å². The van der Waals surface area contributed by atoms with Crippen molar-refractivity contribution in [3.05, 3.63) is 10.6 Å². The van der Waals surface area contributed by atoms with E-state index in [1.807, 2.05) is 7.05 Å². The lowest BCUT2D eigenvalue weighted by Gasteiger charge is -2.12. The van der Waals surface area contributed by atoms with Gasteiger partial charge in [-0.25, -0.2) is 4.98 Å². The number of thiazole rings is 1. The molecule has 0 radical (unpaired) electrons. The van der Waals surface area contributed by atoms with Crippen molar-refractivity contribution in [1.82, 2.24) is 10.3 Å². The van der Waals surface area contributed by atoms with Crippen LogP contribution >= 0.6 is 11.3 Å². The van der Waals surface area contributed by atoms with Gasteiger partial charge in [0.15, 0.2) is 5.13 Å². The average Bonchev–Trinajstić information content (AvgIpc) is 2.89. The maximum absolute atomic E-state index is 5.19. The molecule has 4 nitrogen and oxygen atoms in total. The van der Waals surface area contributed by atoms with Crippen LogP contribution in [0.4, 0.5) is 5.13 Å². The van der Waals surface area contributed by atoms with Gasteiger partial charge in [-0.3, -0.25) is 0 Å². The monoisotopic (exact) mass is 241 g/mol. The van der Waals surface area contributed by atoms with Crippen LogP contribution in [0.1, 0.15) is 23.4 Å². The lowest BCUT2D eigenvalue weighted by molar-refractivity contribution is 0.181. The first kappa shape index (κ1) is 11.8. The molecule has 2 heterocycles. The van der Waals surface area contributed by atoms with Gasteiger partial charge in [0.05, 0.1) is 12.3 Å². The maximum Gasteiger partial charge on any atom is 0.185 e. The molecule has 2 rings (SSSR count). The first-order valence-electron chi connectivity index (χ1n) is 5.72. The number of hydrogen-bond donors (Lipinski definition) is 1. The molecule has 1 saturated heterocycles. The highest BCUT2D eigenvalue weighted by atomic mass is 32.1.